The second-order valence-electron chi connectivity index (χ2n) is 13.2. The molecule has 1 aromatic heterocycles. The van der Waals surface area contributed by atoms with Crippen LogP contribution in [-0.4, -0.2) is 10.3 Å². The summed E-state index contributed by atoms with van der Waals surface area (Å²) in [5.74, 6) is 0.607. The summed E-state index contributed by atoms with van der Waals surface area (Å²) in [6.07, 6.45) is 16.3. The van der Waals surface area contributed by atoms with Gasteiger partial charge in [-0.1, -0.05) is 134 Å². The van der Waals surface area contributed by atoms with Gasteiger partial charge >= 0.3 is 0 Å². The average Bonchev–Trinajstić information content (AvgIpc) is 3.79. The van der Waals surface area contributed by atoms with Crippen LogP contribution in [0.5, 0.6) is 0 Å². The van der Waals surface area contributed by atoms with E-state index in [9.17, 15) is 0 Å². The summed E-state index contributed by atoms with van der Waals surface area (Å²) in [6.45, 7) is 4.42. The first-order valence-electron chi connectivity index (χ1n) is 16.8. The van der Waals surface area contributed by atoms with Gasteiger partial charge in [0.2, 0.25) is 0 Å². The molecule has 9 rings (SSSR count). The Kier molecular flexibility index (Phi) is 6.66. The van der Waals surface area contributed by atoms with Gasteiger partial charge < -0.3 is 4.98 Å². The van der Waals surface area contributed by atoms with Crippen molar-refractivity contribution in [1.82, 2.24) is 4.98 Å². The molecule has 0 fully saturated rings. The molecule has 0 saturated carbocycles. The summed E-state index contributed by atoms with van der Waals surface area (Å²) < 4.78 is 0. The fraction of sp³-hybridized carbons (Fsp3) is 0.133. The molecule has 226 valence electrons. The number of benzene rings is 5. The predicted molar refractivity (Wildman–Crippen MR) is 205 cm³/mol. The molecule has 0 amide bonds. The molecule has 1 unspecified atom stereocenters. The van der Waals surface area contributed by atoms with Crippen molar-refractivity contribution in [3.8, 4) is 33.4 Å². The summed E-state index contributed by atoms with van der Waals surface area (Å²) >= 11 is 0. The summed E-state index contributed by atoms with van der Waals surface area (Å²) in [4.78, 5) is 3.92. The Balaban J connectivity index is 1.21. The van der Waals surface area contributed by atoms with Crippen LogP contribution in [0.25, 0.3) is 60.8 Å². The summed E-state index contributed by atoms with van der Waals surface area (Å²) in [7, 11) is 4.10. The van der Waals surface area contributed by atoms with Crippen LogP contribution in [0.4, 0.5) is 0 Å². The number of hydrogen-bond acceptors (Lipinski definition) is 0. The highest BCUT2D eigenvalue weighted by Gasteiger charge is 2.28. The molecule has 3 aliphatic rings. The molecule has 0 radical (unpaired) electrons. The van der Waals surface area contributed by atoms with E-state index < -0.39 is 0 Å². The van der Waals surface area contributed by atoms with Crippen molar-refractivity contribution in [3.05, 3.63) is 161 Å². The Bertz CT molecular complexity index is 2420. The van der Waals surface area contributed by atoms with E-state index in [1.807, 2.05) is 0 Å². The number of allylic oxidation sites excluding steroid dienone is 8. The lowest BCUT2D eigenvalue weighted by Gasteiger charge is -2.16. The van der Waals surface area contributed by atoms with Crippen LogP contribution in [0.3, 0.4) is 0 Å². The molecule has 0 aliphatic heterocycles. The normalized spacial score (nSPS) is 16.4. The SMILES string of the molecule is C/C=C\C=C/C(=P)c1c(-c2cccc3c2Cc2ccccc2-3)ccc2c1[nH]c1cc(-c3cccc4c3CC3=C4C=CCC3C)ccc12. The third kappa shape index (κ3) is 4.41. The number of hydrogen-bond donors (Lipinski definition) is 1. The number of nitrogens with one attached hydrogen (secondary N) is 1. The smallest absolute Gasteiger partial charge is 0.0554 e. The molecule has 3 aliphatic carbocycles. The Labute approximate surface area is 278 Å². The lowest BCUT2D eigenvalue weighted by Crippen LogP contribution is -2.02. The van der Waals surface area contributed by atoms with Crippen LogP contribution < -0.4 is 0 Å². The van der Waals surface area contributed by atoms with Gasteiger partial charge in [-0.3, -0.25) is 0 Å². The van der Waals surface area contributed by atoms with E-state index in [2.05, 4.69) is 155 Å². The zero-order valence-electron chi connectivity index (χ0n) is 26.8. The molecule has 0 bridgehead atoms. The monoisotopic (exact) mass is 621 g/mol. The summed E-state index contributed by atoms with van der Waals surface area (Å²) in [5.41, 5.74) is 20.1. The third-order valence-corrected chi connectivity index (χ3v) is 11.0. The molecule has 1 heterocycles. The first-order chi connectivity index (χ1) is 23.1. The van der Waals surface area contributed by atoms with E-state index in [0.29, 0.717) is 5.92 Å². The molecule has 6 aromatic rings. The highest BCUT2D eigenvalue weighted by atomic mass is 31.0. The molecular weight excluding hydrogens is 585 g/mol. The molecule has 1 atom stereocenters. The maximum atomic E-state index is 4.10. The van der Waals surface area contributed by atoms with Crippen molar-refractivity contribution in [1.29, 1.82) is 0 Å². The van der Waals surface area contributed by atoms with Crippen molar-refractivity contribution >= 4 is 41.5 Å². The van der Waals surface area contributed by atoms with E-state index in [1.54, 1.807) is 5.57 Å². The van der Waals surface area contributed by atoms with Gasteiger partial charge in [-0.15, -0.1) is 8.86 Å². The fourth-order valence-electron chi connectivity index (χ4n) is 8.33. The standard InChI is InChI=1S/C45H36NP/c1-3-4-5-19-43(47)44-37(35-18-10-16-32-30-13-7-6-12-28(30)24-40(32)35)22-23-38-36-21-20-29(25-42(36)46-45(38)44)31-14-9-17-34-33-15-8-11-27(2)39(33)26-41(31)34/h3-10,12-23,25,27,46-47H,11,24,26H2,1-2H3/b4-3-,19-5-. The first-order valence-corrected chi connectivity index (χ1v) is 17.3. The Morgan fingerprint density at radius 3 is 2.36 bits per heavy atom. The molecule has 5 aromatic carbocycles. The van der Waals surface area contributed by atoms with Crippen molar-refractivity contribution in [2.24, 2.45) is 5.92 Å². The number of fused-ring (bicyclic) bond motifs is 8. The molecule has 47 heavy (non-hydrogen) atoms. The Morgan fingerprint density at radius 1 is 0.745 bits per heavy atom. The van der Waals surface area contributed by atoms with E-state index in [4.69, 9.17) is 0 Å². The van der Waals surface area contributed by atoms with Gasteiger partial charge in [0.15, 0.2) is 0 Å². The molecule has 1 N–H and O–H groups in total. The highest BCUT2D eigenvalue weighted by Crippen LogP contribution is 2.46. The van der Waals surface area contributed by atoms with Gasteiger partial charge in [-0.2, -0.15) is 0 Å². The zero-order valence-corrected chi connectivity index (χ0v) is 27.8. The van der Waals surface area contributed by atoms with Crippen LogP contribution >= 0.6 is 8.86 Å². The molecule has 1 nitrogen and oxygen atoms in total. The van der Waals surface area contributed by atoms with E-state index >= 15 is 0 Å². The van der Waals surface area contributed by atoms with Crippen LogP contribution in [0, 0.1) is 5.92 Å². The Hall–Kier alpha value is -4.97. The quantitative estimate of drug-likeness (QED) is 0.145. The molecule has 0 saturated heterocycles. The summed E-state index contributed by atoms with van der Waals surface area (Å²) in [5, 5.41) is 3.55. The maximum Gasteiger partial charge on any atom is 0.0554 e. The van der Waals surface area contributed by atoms with Gasteiger partial charge in [0.25, 0.3) is 0 Å². The molecule has 2 heteroatoms. The lowest BCUT2D eigenvalue weighted by atomic mass is 9.89. The van der Waals surface area contributed by atoms with Crippen LogP contribution in [0.15, 0.2) is 133 Å². The fourth-order valence-corrected chi connectivity index (χ4v) is 8.69. The maximum absolute atomic E-state index is 4.10. The second kappa shape index (κ2) is 11.1. The highest BCUT2D eigenvalue weighted by molar-refractivity contribution is 7.23. The van der Waals surface area contributed by atoms with Crippen molar-refractivity contribution in [2.75, 3.05) is 0 Å². The number of aromatic nitrogens is 1. The third-order valence-electron chi connectivity index (χ3n) is 10.6. The summed E-state index contributed by atoms with van der Waals surface area (Å²) in [6, 6.07) is 34.1. The minimum atomic E-state index is 0.607. The Morgan fingerprint density at radius 2 is 1.49 bits per heavy atom. The van der Waals surface area contributed by atoms with Crippen molar-refractivity contribution < 1.29 is 0 Å². The topological polar surface area (TPSA) is 15.8 Å². The van der Waals surface area contributed by atoms with E-state index in [1.165, 1.54) is 83.1 Å². The van der Waals surface area contributed by atoms with Crippen LogP contribution in [-0.2, 0) is 12.8 Å². The van der Waals surface area contributed by atoms with Gasteiger partial charge in [-0.25, -0.2) is 0 Å². The van der Waals surface area contributed by atoms with Crippen molar-refractivity contribution in [3.63, 3.8) is 0 Å². The van der Waals surface area contributed by atoms with Gasteiger partial charge in [0, 0.05) is 27.1 Å². The minimum absolute atomic E-state index is 0.607. The molecule has 0 spiro atoms. The number of rotatable bonds is 5. The number of H-pyrrole nitrogens is 1. The average molecular weight is 622 g/mol. The molecular formula is C45H36NP. The van der Waals surface area contributed by atoms with E-state index in [0.717, 1.165) is 30.1 Å². The largest absolute Gasteiger partial charge is 0.354 e. The predicted octanol–water partition coefficient (Wildman–Crippen LogP) is 11.9. The first kappa shape index (κ1) is 28.3. The van der Waals surface area contributed by atoms with Gasteiger partial charge in [0.05, 0.1) is 5.52 Å². The van der Waals surface area contributed by atoms with E-state index in [-0.39, 0.29) is 0 Å². The number of aromatic amines is 1. The van der Waals surface area contributed by atoms with Crippen LogP contribution in [0.1, 0.15) is 48.1 Å². The lowest BCUT2D eigenvalue weighted by molar-refractivity contribution is 0.677. The van der Waals surface area contributed by atoms with Crippen LogP contribution in [0.2, 0.25) is 0 Å². The minimum Gasteiger partial charge on any atom is -0.354 e. The zero-order chi connectivity index (χ0) is 31.6. The van der Waals surface area contributed by atoms with Gasteiger partial charge in [0.1, 0.15) is 0 Å². The van der Waals surface area contributed by atoms with Gasteiger partial charge in [-0.05, 0) is 99.4 Å². The van der Waals surface area contributed by atoms with Crippen molar-refractivity contribution in [2.45, 2.75) is 33.1 Å². The second-order valence-corrected chi connectivity index (χ2v) is 13.8.